The number of H-pyrrole nitrogens is 1. The predicted molar refractivity (Wildman–Crippen MR) is 86.8 cm³/mol. The minimum Gasteiger partial charge on any atom is -0.344 e. The maximum atomic E-state index is 12.5. The van der Waals surface area contributed by atoms with Crippen molar-refractivity contribution < 1.29 is 4.79 Å². The van der Waals surface area contributed by atoms with E-state index in [0.29, 0.717) is 17.7 Å². The van der Waals surface area contributed by atoms with Crippen LogP contribution in [0.25, 0.3) is 0 Å². The van der Waals surface area contributed by atoms with Crippen LogP contribution in [0.3, 0.4) is 0 Å². The number of unbranched alkanes of at least 4 members (excludes halogenated alkanes) is 1. The zero-order valence-corrected chi connectivity index (χ0v) is 14.2. The molecule has 3 heterocycles. The van der Waals surface area contributed by atoms with Gasteiger partial charge in [-0.1, -0.05) is 24.9 Å². The average molecular weight is 325 g/mol. The van der Waals surface area contributed by atoms with Crippen molar-refractivity contribution in [3.8, 4) is 0 Å². The summed E-state index contributed by atoms with van der Waals surface area (Å²) in [5.74, 6) is 1.22. The second-order valence-corrected chi connectivity index (χ2v) is 6.85. The van der Waals surface area contributed by atoms with Crippen molar-refractivity contribution >= 4 is 17.5 Å². The van der Waals surface area contributed by atoms with Gasteiger partial charge in [0.2, 0.25) is 5.91 Å². The number of aromatic amines is 1. The Morgan fingerprint density at radius 2 is 2.27 bits per heavy atom. The first-order valence-corrected chi connectivity index (χ1v) is 8.75. The van der Waals surface area contributed by atoms with E-state index in [1.165, 1.54) is 0 Å². The summed E-state index contributed by atoms with van der Waals surface area (Å²) in [7, 11) is 0. The van der Waals surface area contributed by atoms with Crippen molar-refractivity contribution in [1.82, 2.24) is 19.8 Å². The largest absolute Gasteiger partial charge is 0.344 e. The lowest BCUT2D eigenvalue weighted by Gasteiger charge is -2.41. The summed E-state index contributed by atoms with van der Waals surface area (Å²) in [6.45, 7) is 6.70. The van der Waals surface area contributed by atoms with Gasteiger partial charge in [0.15, 0.2) is 5.15 Å². The molecule has 22 heavy (non-hydrogen) atoms. The van der Waals surface area contributed by atoms with Gasteiger partial charge in [-0.2, -0.15) is 0 Å². The molecule has 1 aromatic rings. The maximum absolute atomic E-state index is 12.5. The number of amides is 1. The number of nitrogens with one attached hydrogen (secondary N) is 1. The summed E-state index contributed by atoms with van der Waals surface area (Å²) in [6.07, 6.45) is 5.43. The molecule has 1 amide bonds. The number of fused-ring (bicyclic) bond motifs is 1. The highest BCUT2D eigenvalue weighted by atomic mass is 35.5. The summed E-state index contributed by atoms with van der Waals surface area (Å²) in [4.78, 5) is 24.5. The molecule has 0 spiro atoms. The quantitative estimate of drug-likeness (QED) is 0.905. The van der Waals surface area contributed by atoms with Gasteiger partial charge >= 0.3 is 0 Å². The van der Waals surface area contributed by atoms with E-state index in [-0.39, 0.29) is 11.9 Å². The van der Waals surface area contributed by atoms with Gasteiger partial charge in [0.05, 0.1) is 11.7 Å². The number of hydrogen-bond acceptors (Lipinski definition) is 3. The topological polar surface area (TPSA) is 52.2 Å². The van der Waals surface area contributed by atoms with E-state index in [9.17, 15) is 4.79 Å². The SMILES string of the molecule is CCCCc1nc(Cl)c(CN2C[C@@H]3CCCN3C(=O)[C@@H]2C)[nH]1. The molecule has 0 aliphatic carbocycles. The average Bonchev–Trinajstić information content (AvgIpc) is 3.09. The number of carbonyl (C=O) groups excluding carboxylic acids is 1. The highest BCUT2D eigenvalue weighted by Gasteiger charge is 2.40. The third-order valence-corrected chi connectivity index (χ3v) is 5.23. The minimum absolute atomic E-state index is 0.0761. The lowest BCUT2D eigenvalue weighted by molar-refractivity contribution is -0.143. The van der Waals surface area contributed by atoms with E-state index >= 15 is 0 Å². The number of carbonyl (C=O) groups is 1. The summed E-state index contributed by atoms with van der Waals surface area (Å²) in [5.41, 5.74) is 0.943. The molecule has 1 aromatic heterocycles. The smallest absolute Gasteiger partial charge is 0.239 e. The van der Waals surface area contributed by atoms with Gasteiger partial charge in [0.1, 0.15) is 5.82 Å². The first-order chi connectivity index (χ1) is 10.6. The highest BCUT2D eigenvalue weighted by Crippen LogP contribution is 2.27. The Labute approximate surface area is 137 Å². The fourth-order valence-electron chi connectivity index (χ4n) is 3.55. The van der Waals surface area contributed by atoms with Crippen LogP contribution >= 0.6 is 11.6 Å². The van der Waals surface area contributed by atoms with E-state index in [2.05, 4.69) is 26.7 Å². The van der Waals surface area contributed by atoms with Crippen molar-refractivity contribution in [3.63, 3.8) is 0 Å². The Morgan fingerprint density at radius 1 is 1.45 bits per heavy atom. The number of aryl methyl sites for hydroxylation is 1. The lowest BCUT2D eigenvalue weighted by atomic mass is 10.1. The van der Waals surface area contributed by atoms with Crippen LogP contribution in [-0.4, -0.2) is 50.8 Å². The highest BCUT2D eigenvalue weighted by molar-refractivity contribution is 6.30. The molecule has 0 aromatic carbocycles. The molecule has 5 nitrogen and oxygen atoms in total. The minimum atomic E-state index is -0.0761. The molecule has 1 N–H and O–H groups in total. The first kappa shape index (κ1) is 15.8. The van der Waals surface area contributed by atoms with E-state index in [1.54, 1.807) is 0 Å². The van der Waals surface area contributed by atoms with Crippen molar-refractivity contribution in [3.05, 3.63) is 16.7 Å². The van der Waals surface area contributed by atoms with Gasteiger partial charge in [0.25, 0.3) is 0 Å². The van der Waals surface area contributed by atoms with Gasteiger partial charge in [-0.25, -0.2) is 4.98 Å². The summed E-state index contributed by atoms with van der Waals surface area (Å²) in [5, 5.41) is 0.555. The van der Waals surface area contributed by atoms with Gasteiger partial charge in [0, 0.05) is 32.1 Å². The summed E-state index contributed by atoms with van der Waals surface area (Å²) < 4.78 is 0. The molecule has 0 unspecified atom stereocenters. The molecule has 6 heteroatoms. The molecular formula is C16H25ClN4O. The number of nitrogens with zero attached hydrogens (tertiary/aromatic N) is 3. The number of hydrogen-bond donors (Lipinski definition) is 1. The fraction of sp³-hybridized carbons (Fsp3) is 0.750. The van der Waals surface area contributed by atoms with Crippen LogP contribution in [0.15, 0.2) is 0 Å². The Hall–Kier alpha value is -1.07. The van der Waals surface area contributed by atoms with Gasteiger partial charge in [-0.15, -0.1) is 0 Å². The van der Waals surface area contributed by atoms with Crippen LogP contribution < -0.4 is 0 Å². The Balaban J connectivity index is 1.69. The fourth-order valence-corrected chi connectivity index (χ4v) is 3.76. The standard InChI is InChI=1S/C16H25ClN4O/c1-3-4-7-14-18-13(15(17)19-14)10-20-9-12-6-5-8-21(12)16(22)11(20)2/h11-12H,3-10H2,1-2H3,(H,18,19)/t11-,12-/m0/s1. The Kier molecular flexibility index (Phi) is 4.73. The predicted octanol–water partition coefficient (Wildman–Crippen LogP) is 2.60. The number of rotatable bonds is 5. The van der Waals surface area contributed by atoms with Gasteiger partial charge in [-0.05, 0) is 26.2 Å². The lowest BCUT2D eigenvalue weighted by Crippen LogP contribution is -2.58. The zero-order valence-electron chi connectivity index (χ0n) is 13.4. The van der Waals surface area contributed by atoms with Gasteiger partial charge in [-0.3, -0.25) is 9.69 Å². The molecule has 122 valence electrons. The number of halogens is 1. The molecule has 3 rings (SSSR count). The van der Waals surface area contributed by atoms with Crippen molar-refractivity contribution in [2.45, 2.75) is 64.6 Å². The zero-order chi connectivity index (χ0) is 15.7. The van der Waals surface area contributed by atoms with Gasteiger partial charge < -0.3 is 9.88 Å². The molecule has 2 aliphatic heterocycles. The number of imidazole rings is 1. The van der Waals surface area contributed by atoms with E-state index < -0.39 is 0 Å². The van der Waals surface area contributed by atoms with Crippen molar-refractivity contribution in [2.75, 3.05) is 13.1 Å². The molecule has 2 saturated heterocycles. The number of aromatic nitrogens is 2. The van der Waals surface area contributed by atoms with Crippen molar-refractivity contribution in [2.24, 2.45) is 0 Å². The Bertz CT molecular complexity index is 544. The third kappa shape index (κ3) is 3.01. The second kappa shape index (κ2) is 6.59. The molecule has 2 atom stereocenters. The Morgan fingerprint density at radius 3 is 3.05 bits per heavy atom. The third-order valence-electron chi connectivity index (χ3n) is 4.92. The van der Waals surface area contributed by atoms with Crippen LogP contribution in [0.2, 0.25) is 5.15 Å². The van der Waals surface area contributed by atoms with E-state index in [1.807, 2.05) is 6.92 Å². The van der Waals surface area contributed by atoms with Crippen LogP contribution in [-0.2, 0) is 17.8 Å². The summed E-state index contributed by atoms with van der Waals surface area (Å²) >= 11 is 6.27. The van der Waals surface area contributed by atoms with E-state index in [4.69, 9.17) is 11.6 Å². The number of piperazine rings is 1. The molecule has 2 aliphatic rings. The van der Waals surface area contributed by atoms with Crippen LogP contribution in [0, 0.1) is 0 Å². The second-order valence-electron chi connectivity index (χ2n) is 6.49. The summed E-state index contributed by atoms with van der Waals surface area (Å²) in [6, 6.07) is 0.303. The van der Waals surface area contributed by atoms with Crippen molar-refractivity contribution in [1.29, 1.82) is 0 Å². The van der Waals surface area contributed by atoms with Crippen LogP contribution in [0.4, 0.5) is 0 Å². The molecule has 0 radical (unpaired) electrons. The van der Waals surface area contributed by atoms with E-state index in [0.717, 1.165) is 56.7 Å². The molecule has 2 fully saturated rings. The maximum Gasteiger partial charge on any atom is 0.239 e. The molecular weight excluding hydrogens is 300 g/mol. The molecule has 0 bridgehead atoms. The first-order valence-electron chi connectivity index (χ1n) is 8.38. The monoisotopic (exact) mass is 324 g/mol. The normalized spacial score (nSPS) is 25.8. The van der Waals surface area contributed by atoms with Crippen LogP contribution in [0.1, 0.15) is 51.0 Å². The van der Waals surface area contributed by atoms with Crippen LogP contribution in [0.5, 0.6) is 0 Å². The molecule has 0 saturated carbocycles.